The molecule has 1 aromatic rings. The molecule has 25 heavy (non-hydrogen) atoms. The SMILES string of the molecule is O=C(COC(=O)c1ccc(Cl)c(Cl)c1)NC12CC3CC(CC(C3)C1)C2. The Morgan fingerprint density at radius 3 is 2.20 bits per heavy atom. The van der Waals surface area contributed by atoms with Crippen LogP contribution in [0.5, 0.6) is 0 Å². The molecule has 0 aromatic heterocycles. The molecule has 4 aliphatic rings. The molecule has 0 atom stereocenters. The molecule has 1 aromatic carbocycles. The number of amides is 1. The highest BCUT2D eigenvalue weighted by molar-refractivity contribution is 6.42. The van der Waals surface area contributed by atoms with Crippen molar-refractivity contribution >= 4 is 35.1 Å². The third-order valence-electron chi connectivity index (χ3n) is 5.93. The Balaban J connectivity index is 1.33. The Morgan fingerprint density at radius 1 is 1.04 bits per heavy atom. The van der Waals surface area contributed by atoms with Crippen LogP contribution in [0.3, 0.4) is 0 Å². The summed E-state index contributed by atoms with van der Waals surface area (Å²) in [5.74, 6) is 1.48. The minimum Gasteiger partial charge on any atom is -0.452 e. The first-order chi connectivity index (χ1) is 11.9. The Morgan fingerprint density at radius 2 is 1.64 bits per heavy atom. The summed E-state index contributed by atoms with van der Waals surface area (Å²) in [4.78, 5) is 24.4. The number of rotatable bonds is 4. The number of nitrogens with one attached hydrogen (secondary N) is 1. The van der Waals surface area contributed by atoms with Crippen LogP contribution in [0.2, 0.25) is 10.0 Å². The van der Waals surface area contributed by atoms with Gasteiger partial charge in [-0.15, -0.1) is 0 Å². The molecule has 4 aliphatic carbocycles. The van der Waals surface area contributed by atoms with Crippen LogP contribution < -0.4 is 5.32 Å². The molecule has 1 amide bonds. The second-order valence-corrected chi connectivity index (χ2v) is 8.77. The topological polar surface area (TPSA) is 55.4 Å². The zero-order valence-corrected chi connectivity index (χ0v) is 15.4. The second kappa shape index (κ2) is 6.48. The van der Waals surface area contributed by atoms with Gasteiger partial charge >= 0.3 is 5.97 Å². The van der Waals surface area contributed by atoms with Gasteiger partial charge in [0.25, 0.3) is 5.91 Å². The van der Waals surface area contributed by atoms with E-state index in [0.29, 0.717) is 5.02 Å². The second-order valence-electron chi connectivity index (χ2n) is 7.95. The van der Waals surface area contributed by atoms with Crippen LogP contribution in [0.15, 0.2) is 18.2 Å². The quantitative estimate of drug-likeness (QED) is 0.793. The summed E-state index contributed by atoms with van der Waals surface area (Å²) in [5.41, 5.74) is 0.221. The highest BCUT2D eigenvalue weighted by atomic mass is 35.5. The molecular weight excluding hydrogens is 361 g/mol. The van der Waals surface area contributed by atoms with Gasteiger partial charge in [0.1, 0.15) is 0 Å². The zero-order chi connectivity index (χ0) is 17.6. The smallest absolute Gasteiger partial charge is 0.338 e. The summed E-state index contributed by atoms with van der Waals surface area (Å²) >= 11 is 11.7. The Labute approximate surface area is 157 Å². The van der Waals surface area contributed by atoms with E-state index in [1.807, 2.05) is 0 Å². The molecule has 4 bridgehead atoms. The molecule has 4 saturated carbocycles. The Bertz CT molecular complexity index is 683. The number of carbonyl (C=O) groups is 2. The van der Waals surface area contributed by atoms with E-state index in [4.69, 9.17) is 27.9 Å². The van der Waals surface area contributed by atoms with E-state index < -0.39 is 5.97 Å². The summed E-state index contributed by atoms with van der Waals surface area (Å²) in [6.45, 7) is -0.263. The van der Waals surface area contributed by atoms with Crippen molar-refractivity contribution in [3.8, 4) is 0 Å². The average Bonchev–Trinajstić information content (AvgIpc) is 2.53. The molecule has 0 spiro atoms. The minimum absolute atomic E-state index is 0.0676. The van der Waals surface area contributed by atoms with E-state index in [0.717, 1.165) is 37.0 Å². The molecule has 4 nitrogen and oxygen atoms in total. The monoisotopic (exact) mass is 381 g/mol. The average molecular weight is 382 g/mol. The molecule has 1 N–H and O–H groups in total. The van der Waals surface area contributed by atoms with Crippen molar-refractivity contribution in [3.05, 3.63) is 33.8 Å². The number of benzene rings is 1. The highest BCUT2D eigenvalue weighted by Crippen LogP contribution is 2.55. The molecule has 134 valence electrons. The lowest BCUT2D eigenvalue weighted by Gasteiger charge is -2.56. The Kier molecular flexibility index (Phi) is 4.45. The van der Waals surface area contributed by atoms with Crippen molar-refractivity contribution < 1.29 is 14.3 Å². The van der Waals surface area contributed by atoms with Crippen LogP contribution >= 0.6 is 23.2 Å². The van der Waals surface area contributed by atoms with Crippen LogP contribution in [0.1, 0.15) is 48.9 Å². The standard InChI is InChI=1S/C19H21Cl2NO3/c20-15-2-1-14(6-16(15)21)18(24)25-10-17(23)22-19-7-11-3-12(8-19)5-13(4-11)9-19/h1-2,6,11-13H,3-5,7-10H2,(H,22,23). The van der Waals surface area contributed by atoms with Gasteiger partial charge in [-0.1, -0.05) is 23.2 Å². The summed E-state index contributed by atoms with van der Waals surface area (Å²) in [6, 6.07) is 4.52. The van der Waals surface area contributed by atoms with Gasteiger partial charge in [0, 0.05) is 5.54 Å². The van der Waals surface area contributed by atoms with Crippen molar-refractivity contribution in [1.29, 1.82) is 0 Å². The number of ether oxygens (including phenoxy) is 1. The molecule has 0 unspecified atom stereocenters. The molecule has 0 heterocycles. The largest absolute Gasteiger partial charge is 0.452 e. The van der Waals surface area contributed by atoms with Gasteiger partial charge in [0.2, 0.25) is 0 Å². The first kappa shape index (κ1) is 17.2. The van der Waals surface area contributed by atoms with Gasteiger partial charge in [-0.25, -0.2) is 4.79 Å². The van der Waals surface area contributed by atoms with Crippen LogP contribution in [-0.2, 0) is 9.53 Å². The lowest BCUT2D eigenvalue weighted by atomic mass is 9.53. The van der Waals surface area contributed by atoms with Gasteiger partial charge in [0.15, 0.2) is 6.61 Å². The number of halogens is 2. The van der Waals surface area contributed by atoms with Gasteiger partial charge < -0.3 is 10.1 Å². The van der Waals surface area contributed by atoms with E-state index in [2.05, 4.69) is 5.32 Å². The van der Waals surface area contributed by atoms with E-state index in [1.54, 1.807) is 0 Å². The molecule has 0 radical (unpaired) electrons. The van der Waals surface area contributed by atoms with Crippen LogP contribution in [0.4, 0.5) is 0 Å². The summed E-state index contributed by atoms with van der Waals surface area (Å²) in [7, 11) is 0. The van der Waals surface area contributed by atoms with Gasteiger partial charge in [-0.05, 0) is 74.5 Å². The van der Waals surface area contributed by atoms with Gasteiger partial charge in [0.05, 0.1) is 15.6 Å². The van der Waals surface area contributed by atoms with E-state index in [9.17, 15) is 9.59 Å². The summed E-state index contributed by atoms with van der Waals surface area (Å²) in [5, 5.41) is 3.85. The number of hydrogen-bond acceptors (Lipinski definition) is 3. The number of esters is 1. The van der Waals surface area contributed by atoms with Crippen molar-refractivity contribution in [2.45, 2.75) is 44.1 Å². The highest BCUT2D eigenvalue weighted by Gasteiger charge is 2.51. The zero-order valence-electron chi connectivity index (χ0n) is 13.9. The van der Waals surface area contributed by atoms with Gasteiger partial charge in [-0.2, -0.15) is 0 Å². The molecule has 0 aliphatic heterocycles. The Hall–Kier alpha value is -1.26. The van der Waals surface area contributed by atoms with Crippen LogP contribution in [0, 0.1) is 17.8 Å². The van der Waals surface area contributed by atoms with Crippen LogP contribution in [0.25, 0.3) is 0 Å². The van der Waals surface area contributed by atoms with Gasteiger partial charge in [-0.3, -0.25) is 4.79 Å². The fourth-order valence-corrected chi connectivity index (χ4v) is 5.73. The lowest BCUT2D eigenvalue weighted by Crippen LogP contribution is -2.60. The molecule has 6 heteroatoms. The van der Waals surface area contributed by atoms with Crippen molar-refractivity contribution in [2.75, 3.05) is 6.61 Å². The molecular formula is C19H21Cl2NO3. The predicted molar refractivity (Wildman–Crippen MR) is 95.8 cm³/mol. The lowest BCUT2D eigenvalue weighted by molar-refractivity contribution is -0.130. The summed E-state index contributed by atoms with van der Waals surface area (Å²) in [6.07, 6.45) is 7.19. The number of hydrogen-bond donors (Lipinski definition) is 1. The predicted octanol–water partition coefficient (Wildman–Crippen LogP) is 4.24. The molecule has 0 saturated heterocycles. The van der Waals surface area contributed by atoms with Crippen LogP contribution in [-0.4, -0.2) is 24.0 Å². The van der Waals surface area contributed by atoms with Crippen molar-refractivity contribution in [2.24, 2.45) is 17.8 Å². The summed E-state index contributed by atoms with van der Waals surface area (Å²) < 4.78 is 5.15. The van der Waals surface area contributed by atoms with Crippen molar-refractivity contribution in [1.82, 2.24) is 5.32 Å². The maximum atomic E-state index is 12.3. The van der Waals surface area contributed by atoms with E-state index in [-0.39, 0.29) is 28.6 Å². The maximum Gasteiger partial charge on any atom is 0.338 e. The minimum atomic E-state index is -0.570. The third-order valence-corrected chi connectivity index (χ3v) is 6.67. The first-order valence-electron chi connectivity index (χ1n) is 8.86. The molecule has 4 fully saturated rings. The fraction of sp³-hybridized carbons (Fsp3) is 0.579. The molecule has 5 rings (SSSR count). The van der Waals surface area contributed by atoms with E-state index >= 15 is 0 Å². The maximum absolute atomic E-state index is 12.3. The fourth-order valence-electron chi connectivity index (χ4n) is 5.43. The third kappa shape index (κ3) is 3.52. The number of carbonyl (C=O) groups excluding carboxylic acids is 2. The normalized spacial score (nSPS) is 32.5. The van der Waals surface area contributed by atoms with E-state index in [1.165, 1.54) is 37.5 Å². The first-order valence-corrected chi connectivity index (χ1v) is 9.61. The van der Waals surface area contributed by atoms with Crippen molar-refractivity contribution in [3.63, 3.8) is 0 Å².